The number of carbonyl (C=O) groups is 1. The van der Waals surface area contributed by atoms with Crippen molar-refractivity contribution < 1.29 is 13.9 Å². The Balaban J connectivity index is 1.70. The number of benzene rings is 2. The van der Waals surface area contributed by atoms with Gasteiger partial charge in [0.25, 0.3) is 5.56 Å². The molecule has 3 aromatic heterocycles. The van der Waals surface area contributed by atoms with Crippen molar-refractivity contribution in [2.75, 3.05) is 7.11 Å². The molecular weight excluding hydrogens is 443 g/mol. The predicted molar refractivity (Wildman–Crippen MR) is 116 cm³/mol. The summed E-state index contributed by atoms with van der Waals surface area (Å²) < 4.78 is 18.6. The van der Waals surface area contributed by atoms with Gasteiger partial charge in [0, 0.05) is 28.6 Å². The first-order valence-corrected chi connectivity index (χ1v) is 10.2. The predicted octanol–water partition coefficient (Wildman–Crippen LogP) is 4.68. The highest BCUT2D eigenvalue weighted by atomic mass is 35.5. The second-order valence-electron chi connectivity index (χ2n) is 6.64. The minimum Gasteiger partial charge on any atom is -0.464 e. The minimum atomic E-state index is -0.586. The van der Waals surface area contributed by atoms with Crippen molar-refractivity contribution in [3.8, 4) is 0 Å². The fourth-order valence-electron chi connectivity index (χ4n) is 3.49. The Labute approximate surface area is 182 Å². The lowest BCUT2D eigenvalue weighted by Gasteiger charge is -2.05. The Bertz CT molecular complexity index is 1580. The van der Waals surface area contributed by atoms with Crippen molar-refractivity contribution in [3.63, 3.8) is 0 Å². The molecule has 0 radical (unpaired) electrons. The van der Waals surface area contributed by atoms with E-state index in [1.54, 1.807) is 12.1 Å². The molecule has 2 N–H and O–H groups in total. The molecule has 5 aromatic rings. The molecule has 0 aliphatic carbocycles. The van der Waals surface area contributed by atoms with Gasteiger partial charge in [-0.1, -0.05) is 11.6 Å². The summed E-state index contributed by atoms with van der Waals surface area (Å²) in [4.78, 5) is 39.3. The summed E-state index contributed by atoms with van der Waals surface area (Å²) in [6, 6.07) is 7.45. The summed E-state index contributed by atoms with van der Waals surface area (Å²) in [5.74, 6) is -1.02. The van der Waals surface area contributed by atoms with Crippen LogP contribution >= 0.6 is 23.4 Å². The van der Waals surface area contributed by atoms with Gasteiger partial charge in [-0.2, -0.15) is 0 Å². The van der Waals surface area contributed by atoms with Crippen LogP contribution < -0.4 is 5.56 Å². The topological polar surface area (TPSA) is 101 Å². The summed E-state index contributed by atoms with van der Waals surface area (Å²) in [6.45, 7) is 0. The molecular formula is C21H12ClFN4O3S. The van der Waals surface area contributed by atoms with Gasteiger partial charge in [-0.3, -0.25) is 4.79 Å². The second kappa shape index (κ2) is 7.36. The normalized spacial score (nSPS) is 11.5. The highest BCUT2D eigenvalue weighted by molar-refractivity contribution is 7.99. The molecule has 5 rings (SSSR count). The van der Waals surface area contributed by atoms with E-state index in [-0.39, 0.29) is 11.3 Å². The molecule has 0 saturated heterocycles. The van der Waals surface area contributed by atoms with Gasteiger partial charge >= 0.3 is 5.97 Å². The zero-order valence-corrected chi connectivity index (χ0v) is 17.4. The van der Waals surface area contributed by atoms with Crippen molar-refractivity contribution in [3.05, 3.63) is 69.6 Å². The van der Waals surface area contributed by atoms with Gasteiger partial charge in [0.05, 0.1) is 33.4 Å². The molecule has 0 unspecified atom stereocenters. The maximum Gasteiger partial charge on any atom is 0.356 e. The largest absolute Gasteiger partial charge is 0.464 e. The summed E-state index contributed by atoms with van der Waals surface area (Å²) >= 11 is 7.53. The Hall–Kier alpha value is -3.43. The van der Waals surface area contributed by atoms with Crippen LogP contribution in [0.15, 0.2) is 57.6 Å². The van der Waals surface area contributed by atoms with Crippen LogP contribution in [0.4, 0.5) is 4.39 Å². The van der Waals surface area contributed by atoms with Gasteiger partial charge in [-0.25, -0.2) is 19.2 Å². The summed E-state index contributed by atoms with van der Waals surface area (Å²) in [6.07, 6.45) is 2.99. The summed E-state index contributed by atoms with van der Waals surface area (Å²) in [5, 5.41) is 2.95. The number of rotatable bonds is 3. The van der Waals surface area contributed by atoms with Crippen LogP contribution in [0, 0.1) is 5.82 Å². The molecule has 0 saturated carbocycles. The lowest BCUT2D eigenvalue weighted by molar-refractivity contribution is 0.0594. The number of carbonyl (C=O) groups excluding carboxylic acids is 1. The van der Waals surface area contributed by atoms with E-state index in [4.69, 9.17) is 11.6 Å². The maximum atomic E-state index is 14.0. The number of imidazole rings is 1. The van der Waals surface area contributed by atoms with E-state index in [9.17, 15) is 14.0 Å². The number of esters is 1. The molecule has 10 heteroatoms. The number of halogens is 2. The van der Waals surface area contributed by atoms with Crippen LogP contribution in [0.5, 0.6) is 0 Å². The van der Waals surface area contributed by atoms with E-state index < -0.39 is 11.8 Å². The average Bonchev–Trinajstić information content (AvgIpc) is 3.18. The van der Waals surface area contributed by atoms with E-state index in [0.29, 0.717) is 47.7 Å². The highest BCUT2D eigenvalue weighted by Gasteiger charge is 2.17. The van der Waals surface area contributed by atoms with Crippen molar-refractivity contribution >= 4 is 61.9 Å². The number of nitrogens with one attached hydrogen (secondary N) is 2. The Morgan fingerprint density at radius 3 is 2.81 bits per heavy atom. The van der Waals surface area contributed by atoms with Crippen LogP contribution in [-0.4, -0.2) is 33.0 Å². The van der Waals surface area contributed by atoms with E-state index in [2.05, 4.69) is 24.7 Å². The number of aromatic amines is 2. The van der Waals surface area contributed by atoms with Crippen LogP contribution in [0.1, 0.15) is 10.5 Å². The number of methoxy groups -OCH3 is 1. The van der Waals surface area contributed by atoms with Gasteiger partial charge in [0.2, 0.25) is 0 Å². The number of pyridine rings is 2. The Kier molecular flexibility index (Phi) is 4.64. The molecule has 0 bridgehead atoms. The second-order valence-corrected chi connectivity index (χ2v) is 8.08. The third-order valence-corrected chi connectivity index (χ3v) is 6.20. The molecule has 0 spiro atoms. The monoisotopic (exact) mass is 454 g/mol. The van der Waals surface area contributed by atoms with Crippen molar-refractivity contribution in [2.24, 2.45) is 0 Å². The summed E-state index contributed by atoms with van der Waals surface area (Å²) in [5.41, 5.74) is 1.03. The number of H-pyrrole nitrogens is 2. The average molecular weight is 455 g/mol. The fraction of sp³-hybridized carbons (Fsp3) is 0.0476. The first-order chi connectivity index (χ1) is 15.0. The molecule has 7 nitrogen and oxygen atoms in total. The van der Waals surface area contributed by atoms with Crippen LogP contribution in [0.25, 0.3) is 32.6 Å². The SMILES string of the molecule is COC(=O)c1cc(Cl)c(Sc2nc3c4cc[nH]c(=O)c4c4cc(F)ccc4c3[nH]2)cn1. The third kappa shape index (κ3) is 3.22. The van der Waals surface area contributed by atoms with E-state index in [0.717, 1.165) is 0 Å². The van der Waals surface area contributed by atoms with Gasteiger partial charge in [-0.15, -0.1) is 0 Å². The summed E-state index contributed by atoms with van der Waals surface area (Å²) in [7, 11) is 1.26. The van der Waals surface area contributed by atoms with Crippen molar-refractivity contribution in [1.82, 2.24) is 19.9 Å². The molecule has 3 heterocycles. The molecule has 0 fully saturated rings. The number of hydrogen-bond donors (Lipinski definition) is 2. The van der Waals surface area contributed by atoms with Crippen LogP contribution in [-0.2, 0) is 4.74 Å². The van der Waals surface area contributed by atoms with Gasteiger partial charge in [-0.05, 0) is 42.1 Å². The molecule has 0 amide bonds. The van der Waals surface area contributed by atoms with Crippen molar-refractivity contribution in [2.45, 2.75) is 10.1 Å². The molecule has 154 valence electrons. The molecule has 0 aliphatic rings. The highest BCUT2D eigenvalue weighted by Crippen LogP contribution is 2.37. The Morgan fingerprint density at radius 2 is 2.03 bits per heavy atom. The number of fused-ring (bicyclic) bond motifs is 6. The van der Waals surface area contributed by atoms with Gasteiger partial charge in [0.15, 0.2) is 5.16 Å². The zero-order valence-electron chi connectivity index (χ0n) is 15.8. The van der Waals surface area contributed by atoms with Crippen LogP contribution in [0.3, 0.4) is 0 Å². The maximum absolute atomic E-state index is 14.0. The lowest BCUT2D eigenvalue weighted by atomic mass is 10.0. The fourth-order valence-corrected chi connectivity index (χ4v) is 4.52. The Morgan fingerprint density at radius 1 is 1.19 bits per heavy atom. The number of aromatic nitrogens is 4. The minimum absolute atomic E-state index is 0.0969. The number of ether oxygens (including phenoxy) is 1. The molecule has 31 heavy (non-hydrogen) atoms. The van der Waals surface area contributed by atoms with E-state index >= 15 is 0 Å². The van der Waals surface area contributed by atoms with Gasteiger partial charge in [0.1, 0.15) is 11.5 Å². The first kappa shape index (κ1) is 19.5. The first-order valence-electron chi connectivity index (χ1n) is 9.00. The third-order valence-electron chi connectivity index (χ3n) is 4.84. The molecule has 0 aliphatic heterocycles. The molecule has 2 aromatic carbocycles. The number of nitrogens with zero attached hydrogens (tertiary/aromatic N) is 2. The van der Waals surface area contributed by atoms with Crippen LogP contribution in [0.2, 0.25) is 5.02 Å². The standard InChI is InChI=1S/C21H12ClFN4O3S/c1-30-20(29)14-7-13(22)15(8-25-14)31-21-26-17-10-3-2-9(23)6-12(10)16-11(18(17)27-21)4-5-24-19(16)28/h2-8H,1H3,(H,24,28)(H,26,27). The van der Waals surface area contributed by atoms with Gasteiger partial charge < -0.3 is 14.7 Å². The lowest BCUT2D eigenvalue weighted by Crippen LogP contribution is -2.05. The van der Waals surface area contributed by atoms with E-state index in [1.807, 2.05) is 0 Å². The molecule has 0 atom stereocenters. The zero-order chi connectivity index (χ0) is 21.7. The smallest absolute Gasteiger partial charge is 0.356 e. The quantitative estimate of drug-likeness (QED) is 0.303. The van der Waals surface area contributed by atoms with Crippen molar-refractivity contribution in [1.29, 1.82) is 0 Å². The van der Waals surface area contributed by atoms with E-state index in [1.165, 1.54) is 49.5 Å². The number of hydrogen-bond acceptors (Lipinski definition) is 6.